The van der Waals surface area contributed by atoms with E-state index in [1.54, 1.807) is 6.26 Å². The number of carboxylic acids is 1. The number of nitrogens with zero attached hydrogens (tertiary/aromatic N) is 1. The zero-order valence-corrected chi connectivity index (χ0v) is 18.2. The van der Waals surface area contributed by atoms with Gasteiger partial charge < -0.3 is 9.84 Å². The van der Waals surface area contributed by atoms with Crippen LogP contribution in [0.2, 0.25) is 10.0 Å². The van der Waals surface area contributed by atoms with Crippen LogP contribution < -0.4 is 0 Å². The number of hydrogen-bond donors (Lipinski definition) is 1. The topological polar surface area (TPSA) is 49.8 Å². The van der Waals surface area contributed by atoms with Crippen molar-refractivity contribution in [3.8, 4) is 0 Å². The summed E-state index contributed by atoms with van der Waals surface area (Å²) in [5.41, 5.74) is 2.51. The number of carboxylic acid groups (broad SMARTS) is 1. The van der Waals surface area contributed by atoms with Crippen LogP contribution in [0.15, 0.2) is 54.8 Å². The van der Waals surface area contributed by atoms with E-state index in [-0.39, 0.29) is 18.3 Å². The maximum atomic E-state index is 11.2. The molecular formula is C22H24Cl3NO3. The van der Waals surface area contributed by atoms with E-state index >= 15 is 0 Å². The highest BCUT2D eigenvalue weighted by molar-refractivity contribution is 6.34. The third kappa shape index (κ3) is 6.38. The fourth-order valence-corrected chi connectivity index (χ4v) is 3.89. The molecule has 1 fully saturated rings. The summed E-state index contributed by atoms with van der Waals surface area (Å²) in [6.07, 6.45) is 3.34. The molecule has 156 valence electrons. The Kier molecular flexibility index (Phi) is 9.31. The predicted octanol–water partition coefficient (Wildman–Crippen LogP) is 5.62. The molecule has 0 saturated carbocycles. The van der Waals surface area contributed by atoms with Crippen LogP contribution in [0.5, 0.6) is 0 Å². The van der Waals surface area contributed by atoms with Gasteiger partial charge in [-0.3, -0.25) is 9.69 Å². The van der Waals surface area contributed by atoms with Gasteiger partial charge in [0.2, 0.25) is 0 Å². The fraction of sp³-hybridized carbons (Fsp3) is 0.318. The standard InChI is InChI=1S/C22H23Cl2NO3.ClH/c23-20-9-3-1-7-17(20)19(18-8-2-4-10-21(18)24)15-28-13-12-25-11-5-6-16(14-25)22(26)27;/h1-4,7-10,15-16H,5-6,11-14H2,(H,26,27);1H/t16-;/m1./s1. The lowest BCUT2D eigenvalue weighted by Crippen LogP contribution is -2.40. The van der Waals surface area contributed by atoms with Crippen molar-refractivity contribution in [2.24, 2.45) is 5.92 Å². The summed E-state index contributed by atoms with van der Waals surface area (Å²) < 4.78 is 5.84. The molecule has 7 heteroatoms. The maximum absolute atomic E-state index is 11.2. The Balaban J connectivity index is 0.00000300. The number of carbonyl (C=O) groups is 1. The van der Waals surface area contributed by atoms with Crippen LogP contribution in [0.25, 0.3) is 5.57 Å². The summed E-state index contributed by atoms with van der Waals surface area (Å²) in [5, 5.41) is 10.5. The number of likely N-dealkylation sites (tertiary alicyclic amines) is 1. The molecule has 1 saturated heterocycles. The van der Waals surface area contributed by atoms with Crippen LogP contribution in [-0.4, -0.2) is 42.2 Å². The number of rotatable bonds is 7. The summed E-state index contributed by atoms with van der Waals surface area (Å²) in [7, 11) is 0. The van der Waals surface area contributed by atoms with E-state index in [9.17, 15) is 9.90 Å². The van der Waals surface area contributed by atoms with Crippen LogP contribution in [0.4, 0.5) is 0 Å². The quantitative estimate of drug-likeness (QED) is 0.434. The SMILES string of the molecule is Cl.O=C(O)[C@@H]1CCCN(CCOC=C(c2ccccc2Cl)c2ccccc2Cl)C1. The molecule has 1 heterocycles. The number of aliphatic carboxylic acids is 1. The summed E-state index contributed by atoms with van der Waals surface area (Å²) in [6.45, 7) is 2.62. The van der Waals surface area contributed by atoms with Crippen LogP contribution >= 0.6 is 35.6 Å². The Morgan fingerprint density at radius 2 is 1.69 bits per heavy atom. The predicted molar refractivity (Wildman–Crippen MR) is 120 cm³/mol. The number of piperidine rings is 1. The van der Waals surface area contributed by atoms with Crippen molar-refractivity contribution in [1.82, 2.24) is 4.90 Å². The maximum Gasteiger partial charge on any atom is 0.307 e. The fourth-order valence-electron chi connectivity index (χ4n) is 3.42. The molecule has 1 N–H and O–H groups in total. The van der Waals surface area contributed by atoms with Crippen LogP contribution in [0.1, 0.15) is 24.0 Å². The molecule has 3 rings (SSSR count). The number of benzene rings is 2. The average Bonchev–Trinajstić information content (AvgIpc) is 2.70. The Morgan fingerprint density at radius 3 is 2.24 bits per heavy atom. The molecule has 0 aromatic heterocycles. The highest BCUT2D eigenvalue weighted by Gasteiger charge is 2.24. The summed E-state index contributed by atoms with van der Waals surface area (Å²) in [5.74, 6) is -1.00. The van der Waals surface area contributed by atoms with Gasteiger partial charge in [0.15, 0.2) is 0 Å². The number of ether oxygens (including phenoxy) is 1. The molecule has 0 radical (unpaired) electrons. The molecule has 1 atom stereocenters. The molecule has 0 bridgehead atoms. The largest absolute Gasteiger partial charge is 0.499 e. The van der Waals surface area contributed by atoms with Gasteiger partial charge in [0.25, 0.3) is 0 Å². The first-order valence-corrected chi connectivity index (χ1v) is 10.1. The van der Waals surface area contributed by atoms with Gasteiger partial charge in [-0.2, -0.15) is 0 Å². The lowest BCUT2D eigenvalue weighted by Gasteiger charge is -2.30. The van der Waals surface area contributed by atoms with Crippen LogP contribution in [0, 0.1) is 5.92 Å². The van der Waals surface area contributed by atoms with E-state index in [1.807, 2.05) is 48.5 Å². The minimum absolute atomic E-state index is 0. The zero-order chi connectivity index (χ0) is 19.9. The molecule has 1 aliphatic rings. The first-order chi connectivity index (χ1) is 13.6. The van der Waals surface area contributed by atoms with Crippen LogP contribution in [-0.2, 0) is 9.53 Å². The molecule has 0 unspecified atom stereocenters. The van der Waals surface area contributed by atoms with E-state index in [0.29, 0.717) is 29.7 Å². The van der Waals surface area contributed by atoms with Crippen molar-refractivity contribution in [3.05, 3.63) is 76.0 Å². The second-order valence-electron chi connectivity index (χ2n) is 6.84. The van der Waals surface area contributed by atoms with Gasteiger partial charge in [0, 0.05) is 39.8 Å². The van der Waals surface area contributed by atoms with Crippen molar-refractivity contribution >= 4 is 47.2 Å². The Hall–Kier alpha value is -1.72. The van der Waals surface area contributed by atoms with Crippen molar-refractivity contribution in [3.63, 3.8) is 0 Å². The second kappa shape index (κ2) is 11.5. The van der Waals surface area contributed by atoms with Gasteiger partial charge in [-0.05, 0) is 31.5 Å². The number of hydrogen-bond acceptors (Lipinski definition) is 3. The summed E-state index contributed by atoms with van der Waals surface area (Å²) >= 11 is 12.8. The van der Waals surface area contributed by atoms with E-state index < -0.39 is 5.97 Å². The van der Waals surface area contributed by atoms with Gasteiger partial charge in [-0.15, -0.1) is 12.4 Å². The molecule has 0 aliphatic carbocycles. The monoisotopic (exact) mass is 455 g/mol. The van der Waals surface area contributed by atoms with Gasteiger partial charge >= 0.3 is 5.97 Å². The van der Waals surface area contributed by atoms with Crippen molar-refractivity contribution in [1.29, 1.82) is 0 Å². The highest BCUT2D eigenvalue weighted by atomic mass is 35.5. The second-order valence-corrected chi connectivity index (χ2v) is 7.65. The molecule has 4 nitrogen and oxygen atoms in total. The molecule has 0 spiro atoms. The minimum Gasteiger partial charge on any atom is -0.499 e. The molecular weight excluding hydrogens is 433 g/mol. The highest BCUT2D eigenvalue weighted by Crippen LogP contribution is 2.33. The lowest BCUT2D eigenvalue weighted by molar-refractivity contribution is -0.143. The third-order valence-electron chi connectivity index (χ3n) is 4.91. The molecule has 29 heavy (non-hydrogen) atoms. The number of halogens is 3. The smallest absolute Gasteiger partial charge is 0.307 e. The first-order valence-electron chi connectivity index (χ1n) is 9.33. The summed E-state index contributed by atoms with van der Waals surface area (Å²) in [4.78, 5) is 13.3. The van der Waals surface area contributed by atoms with Crippen molar-refractivity contribution in [2.75, 3.05) is 26.2 Å². The normalized spacial score (nSPS) is 16.6. The molecule has 1 aliphatic heterocycles. The van der Waals surface area contributed by atoms with E-state index in [2.05, 4.69) is 4.90 Å². The Labute approximate surface area is 187 Å². The average molecular weight is 457 g/mol. The molecule has 0 amide bonds. The van der Waals surface area contributed by atoms with E-state index in [1.165, 1.54) is 0 Å². The van der Waals surface area contributed by atoms with E-state index in [0.717, 1.165) is 36.1 Å². The first kappa shape index (κ1) is 23.6. The Bertz CT molecular complexity index is 809. The molecule has 2 aromatic rings. The van der Waals surface area contributed by atoms with Crippen molar-refractivity contribution < 1.29 is 14.6 Å². The lowest BCUT2D eigenvalue weighted by atomic mass is 9.98. The third-order valence-corrected chi connectivity index (χ3v) is 5.57. The zero-order valence-electron chi connectivity index (χ0n) is 15.9. The Morgan fingerprint density at radius 1 is 1.10 bits per heavy atom. The van der Waals surface area contributed by atoms with E-state index in [4.69, 9.17) is 27.9 Å². The molecule has 2 aromatic carbocycles. The van der Waals surface area contributed by atoms with Gasteiger partial charge in [-0.25, -0.2) is 0 Å². The van der Waals surface area contributed by atoms with Gasteiger partial charge in [-0.1, -0.05) is 59.6 Å². The van der Waals surface area contributed by atoms with Gasteiger partial charge in [0.1, 0.15) is 6.61 Å². The van der Waals surface area contributed by atoms with Gasteiger partial charge in [0.05, 0.1) is 12.2 Å². The minimum atomic E-state index is -0.717. The van der Waals surface area contributed by atoms with Crippen LogP contribution in [0.3, 0.4) is 0 Å². The van der Waals surface area contributed by atoms with Crippen molar-refractivity contribution in [2.45, 2.75) is 12.8 Å². The summed E-state index contributed by atoms with van der Waals surface area (Å²) in [6, 6.07) is 15.1.